The van der Waals surface area contributed by atoms with E-state index in [1.54, 1.807) is 24.3 Å². The monoisotopic (exact) mass is 373 g/mol. The summed E-state index contributed by atoms with van der Waals surface area (Å²) in [5.41, 5.74) is 0.612. The lowest BCUT2D eigenvalue weighted by Crippen LogP contribution is -2.32. The van der Waals surface area contributed by atoms with Gasteiger partial charge in [-0.25, -0.2) is 4.79 Å². The molecule has 0 unspecified atom stereocenters. The van der Waals surface area contributed by atoms with Crippen molar-refractivity contribution in [1.82, 2.24) is 14.9 Å². The van der Waals surface area contributed by atoms with Crippen LogP contribution < -0.4 is 16.6 Å². The van der Waals surface area contributed by atoms with E-state index < -0.39 is 11.2 Å². The maximum absolute atomic E-state index is 12.3. The molecule has 1 aromatic heterocycles. The summed E-state index contributed by atoms with van der Waals surface area (Å²) in [5.74, 6) is -0.157. The van der Waals surface area contributed by atoms with Crippen molar-refractivity contribution in [1.29, 1.82) is 0 Å². The lowest BCUT2D eigenvalue weighted by Gasteiger charge is -2.10. The summed E-state index contributed by atoms with van der Waals surface area (Å²) in [7, 11) is 0. The van der Waals surface area contributed by atoms with Crippen LogP contribution in [0.4, 0.5) is 0 Å². The zero-order valence-corrected chi connectivity index (χ0v) is 15.1. The molecule has 4 rings (SSSR count). The zero-order valence-electron chi connectivity index (χ0n) is 15.1. The molecule has 0 atom stereocenters. The third-order valence-corrected chi connectivity index (χ3v) is 4.77. The molecule has 0 aliphatic heterocycles. The number of para-hydroxylation sites is 1. The van der Waals surface area contributed by atoms with E-state index in [4.69, 9.17) is 0 Å². The number of carbonyl (C=O) groups excluding carboxylic acids is 1. The Morgan fingerprint density at radius 3 is 2.54 bits per heavy atom. The summed E-state index contributed by atoms with van der Waals surface area (Å²) < 4.78 is 1.42. The highest BCUT2D eigenvalue weighted by Gasteiger charge is 2.09. The molecule has 3 aromatic carbocycles. The number of hydrogen-bond donors (Lipinski definition) is 2. The van der Waals surface area contributed by atoms with E-state index in [0.717, 1.165) is 16.3 Å². The van der Waals surface area contributed by atoms with Crippen molar-refractivity contribution in [2.45, 2.75) is 19.5 Å². The fourth-order valence-corrected chi connectivity index (χ4v) is 3.32. The van der Waals surface area contributed by atoms with Crippen molar-refractivity contribution < 1.29 is 4.79 Å². The minimum absolute atomic E-state index is 0.142. The Morgan fingerprint density at radius 1 is 0.929 bits per heavy atom. The van der Waals surface area contributed by atoms with Crippen molar-refractivity contribution >= 4 is 27.6 Å². The number of nitrogens with one attached hydrogen (secondary N) is 2. The molecule has 0 radical (unpaired) electrons. The minimum atomic E-state index is -0.508. The molecule has 0 fully saturated rings. The summed E-state index contributed by atoms with van der Waals surface area (Å²) in [6.07, 6.45) is 0.142. The number of benzene rings is 3. The van der Waals surface area contributed by atoms with Crippen LogP contribution in [0.5, 0.6) is 0 Å². The topological polar surface area (TPSA) is 84.0 Å². The minimum Gasteiger partial charge on any atom is -0.352 e. The molecule has 4 aromatic rings. The first-order valence-electron chi connectivity index (χ1n) is 9.08. The number of aromatic nitrogens is 2. The second kappa shape index (κ2) is 7.52. The van der Waals surface area contributed by atoms with E-state index in [1.807, 2.05) is 36.4 Å². The van der Waals surface area contributed by atoms with Crippen LogP contribution in [0.15, 0.2) is 76.3 Å². The van der Waals surface area contributed by atoms with Gasteiger partial charge in [0, 0.05) is 19.5 Å². The van der Waals surface area contributed by atoms with Crippen LogP contribution in [0.25, 0.3) is 21.7 Å². The molecule has 2 N–H and O–H groups in total. The lowest BCUT2D eigenvalue weighted by molar-refractivity contribution is -0.121. The average Bonchev–Trinajstić information content (AvgIpc) is 2.72. The molecule has 0 spiro atoms. The van der Waals surface area contributed by atoms with Gasteiger partial charge in [-0.15, -0.1) is 0 Å². The highest BCUT2D eigenvalue weighted by molar-refractivity contribution is 5.83. The second-order valence-corrected chi connectivity index (χ2v) is 6.64. The number of rotatable bonds is 5. The number of hydrogen-bond acceptors (Lipinski definition) is 3. The van der Waals surface area contributed by atoms with Gasteiger partial charge in [-0.2, -0.15) is 0 Å². The Morgan fingerprint density at radius 2 is 1.68 bits per heavy atom. The van der Waals surface area contributed by atoms with Crippen molar-refractivity contribution in [3.05, 3.63) is 93.1 Å². The molecule has 0 bridgehead atoms. The molecular weight excluding hydrogens is 354 g/mol. The van der Waals surface area contributed by atoms with Gasteiger partial charge < -0.3 is 5.32 Å². The summed E-state index contributed by atoms with van der Waals surface area (Å²) in [5, 5.41) is 5.60. The Balaban J connectivity index is 1.44. The van der Waals surface area contributed by atoms with Gasteiger partial charge >= 0.3 is 5.69 Å². The van der Waals surface area contributed by atoms with E-state index in [-0.39, 0.29) is 18.9 Å². The van der Waals surface area contributed by atoms with Crippen LogP contribution in [0, 0.1) is 0 Å². The smallest absolute Gasteiger partial charge is 0.328 e. The van der Waals surface area contributed by atoms with Crippen LogP contribution in [0.1, 0.15) is 12.0 Å². The molecule has 1 heterocycles. The molecule has 0 saturated carbocycles. The quantitative estimate of drug-likeness (QED) is 0.564. The normalized spacial score (nSPS) is 11.0. The van der Waals surface area contributed by atoms with E-state index in [2.05, 4.69) is 16.4 Å². The SMILES string of the molecule is O=C(CCn1c(=O)[nH]c(=O)c2ccccc21)NCc1ccc2ccccc2c1. The van der Waals surface area contributed by atoms with Crippen LogP contribution in [0.2, 0.25) is 0 Å². The summed E-state index contributed by atoms with van der Waals surface area (Å²) in [6.45, 7) is 0.616. The largest absolute Gasteiger partial charge is 0.352 e. The Bertz CT molecular complexity index is 1290. The summed E-state index contributed by atoms with van der Waals surface area (Å²) in [6, 6.07) is 21.0. The van der Waals surface area contributed by atoms with E-state index in [1.165, 1.54) is 4.57 Å². The second-order valence-electron chi connectivity index (χ2n) is 6.64. The number of nitrogens with zero attached hydrogens (tertiary/aromatic N) is 1. The number of aryl methyl sites for hydroxylation is 1. The van der Waals surface area contributed by atoms with Crippen LogP contribution >= 0.6 is 0 Å². The van der Waals surface area contributed by atoms with Crippen molar-refractivity contribution in [2.24, 2.45) is 0 Å². The number of carbonyl (C=O) groups is 1. The first kappa shape index (κ1) is 17.7. The van der Waals surface area contributed by atoms with E-state index in [0.29, 0.717) is 17.4 Å². The van der Waals surface area contributed by atoms with E-state index in [9.17, 15) is 14.4 Å². The molecule has 0 saturated heterocycles. The maximum atomic E-state index is 12.3. The highest BCUT2D eigenvalue weighted by Crippen LogP contribution is 2.15. The average molecular weight is 373 g/mol. The number of fused-ring (bicyclic) bond motifs is 2. The first-order valence-corrected chi connectivity index (χ1v) is 9.08. The number of aromatic amines is 1. The van der Waals surface area contributed by atoms with Crippen molar-refractivity contribution in [3.8, 4) is 0 Å². The van der Waals surface area contributed by atoms with Crippen LogP contribution in [-0.4, -0.2) is 15.5 Å². The summed E-state index contributed by atoms with van der Waals surface area (Å²) in [4.78, 5) is 38.6. The standard InChI is InChI=1S/C22H19N3O3/c26-20(23-14-15-9-10-16-5-1-2-6-17(16)13-15)11-12-25-19-8-4-3-7-18(19)21(27)24-22(25)28/h1-10,13H,11-12,14H2,(H,23,26)(H,24,27,28). The van der Waals surface area contributed by atoms with Gasteiger partial charge in [0.2, 0.25) is 5.91 Å². The van der Waals surface area contributed by atoms with Gasteiger partial charge in [-0.05, 0) is 34.5 Å². The van der Waals surface area contributed by atoms with Crippen LogP contribution in [-0.2, 0) is 17.9 Å². The predicted molar refractivity (Wildman–Crippen MR) is 109 cm³/mol. The number of H-pyrrole nitrogens is 1. The van der Waals surface area contributed by atoms with Crippen molar-refractivity contribution in [3.63, 3.8) is 0 Å². The Labute approximate surface area is 160 Å². The molecule has 0 aliphatic carbocycles. The van der Waals surface area contributed by atoms with Gasteiger partial charge in [0.1, 0.15) is 0 Å². The first-order chi connectivity index (χ1) is 13.6. The highest BCUT2D eigenvalue weighted by atomic mass is 16.2. The Hall–Kier alpha value is -3.67. The molecule has 6 nitrogen and oxygen atoms in total. The fraction of sp³-hybridized carbons (Fsp3) is 0.136. The fourth-order valence-electron chi connectivity index (χ4n) is 3.32. The molecule has 28 heavy (non-hydrogen) atoms. The maximum Gasteiger partial charge on any atom is 0.328 e. The van der Waals surface area contributed by atoms with Crippen LogP contribution in [0.3, 0.4) is 0 Å². The molecule has 1 amide bonds. The summed E-state index contributed by atoms with van der Waals surface area (Å²) >= 11 is 0. The lowest BCUT2D eigenvalue weighted by atomic mass is 10.1. The molecule has 0 aliphatic rings. The molecular formula is C22H19N3O3. The van der Waals surface area contributed by atoms with Gasteiger partial charge in [0.15, 0.2) is 0 Å². The van der Waals surface area contributed by atoms with Gasteiger partial charge in [-0.3, -0.25) is 19.1 Å². The molecule has 140 valence electrons. The third kappa shape index (κ3) is 3.57. The van der Waals surface area contributed by atoms with Crippen molar-refractivity contribution in [2.75, 3.05) is 0 Å². The predicted octanol–water partition coefficient (Wildman–Crippen LogP) is 2.55. The van der Waals surface area contributed by atoms with E-state index >= 15 is 0 Å². The third-order valence-electron chi connectivity index (χ3n) is 4.77. The number of amides is 1. The van der Waals surface area contributed by atoms with Gasteiger partial charge in [-0.1, -0.05) is 48.5 Å². The Kier molecular flexibility index (Phi) is 4.76. The van der Waals surface area contributed by atoms with Gasteiger partial charge in [0.25, 0.3) is 5.56 Å². The van der Waals surface area contributed by atoms with Gasteiger partial charge in [0.05, 0.1) is 10.9 Å². The zero-order chi connectivity index (χ0) is 19.5. The molecule has 6 heteroatoms.